The lowest BCUT2D eigenvalue weighted by Gasteiger charge is -2.17. The number of hydrogen-bond acceptors (Lipinski definition) is 4. The fourth-order valence-electron chi connectivity index (χ4n) is 3.58. The first-order valence-corrected chi connectivity index (χ1v) is 11.9. The fraction of sp³-hybridized carbons (Fsp3) is 0.160. The Morgan fingerprint density at radius 1 is 1.00 bits per heavy atom. The van der Waals surface area contributed by atoms with Crippen LogP contribution in [0, 0.1) is 13.8 Å². The van der Waals surface area contributed by atoms with Crippen molar-refractivity contribution < 1.29 is 4.79 Å². The standard InChI is InChI=1S/C25H21Cl2N3O2S/c1-14-8-15(2)10-20(9-14)30-24(32)21-6-4-5-7-22(21)29-25(30)33-16(3)23(31)28-19-12-17(26)11-18(27)13-19/h4-13,16H,1-3H3,(H,28,31). The number of halogens is 2. The Bertz CT molecular complexity index is 1390. The van der Waals surface area contributed by atoms with Gasteiger partial charge in [-0.1, -0.05) is 53.2 Å². The average Bonchev–Trinajstić information content (AvgIpc) is 2.72. The molecule has 168 valence electrons. The number of thioether (sulfide) groups is 1. The van der Waals surface area contributed by atoms with Gasteiger partial charge in [0, 0.05) is 15.7 Å². The molecule has 1 aromatic heterocycles. The molecule has 1 N–H and O–H groups in total. The van der Waals surface area contributed by atoms with Crippen LogP contribution in [0.4, 0.5) is 5.69 Å². The molecule has 0 aliphatic carbocycles. The van der Waals surface area contributed by atoms with E-state index in [-0.39, 0.29) is 11.5 Å². The van der Waals surface area contributed by atoms with Crippen molar-refractivity contribution in [2.24, 2.45) is 0 Å². The molecule has 1 unspecified atom stereocenters. The highest BCUT2D eigenvalue weighted by molar-refractivity contribution is 8.00. The van der Waals surface area contributed by atoms with Crippen LogP contribution in [0.2, 0.25) is 10.0 Å². The van der Waals surface area contributed by atoms with Crippen molar-refractivity contribution in [1.29, 1.82) is 0 Å². The van der Waals surface area contributed by atoms with Gasteiger partial charge in [0.05, 0.1) is 21.8 Å². The van der Waals surface area contributed by atoms with Crippen molar-refractivity contribution in [2.45, 2.75) is 31.2 Å². The molecule has 0 bridgehead atoms. The Morgan fingerprint density at radius 2 is 1.64 bits per heavy atom. The van der Waals surface area contributed by atoms with Crippen molar-refractivity contribution in [3.63, 3.8) is 0 Å². The van der Waals surface area contributed by atoms with Crippen molar-refractivity contribution in [1.82, 2.24) is 9.55 Å². The molecular weight excluding hydrogens is 477 g/mol. The second kappa shape index (κ2) is 9.59. The summed E-state index contributed by atoms with van der Waals surface area (Å²) >= 11 is 13.3. The van der Waals surface area contributed by atoms with Crippen LogP contribution in [0.15, 0.2) is 70.6 Å². The Balaban J connectivity index is 1.74. The number of benzene rings is 3. The van der Waals surface area contributed by atoms with Gasteiger partial charge in [-0.2, -0.15) is 0 Å². The zero-order valence-electron chi connectivity index (χ0n) is 18.2. The predicted molar refractivity (Wildman–Crippen MR) is 137 cm³/mol. The average molecular weight is 498 g/mol. The van der Waals surface area contributed by atoms with E-state index in [0.717, 1.165) is 11.1 Å². The molecule has 1 atom stereocenters. The molecule has 1 amide bonds. The molecule has 0 aliphatic heterocycles. The number of fused-ring (bicyclic) bond motifs is 1. The van der Waals surface area contributed by atoms with Crippen LogP contribution in [-0.4, -0.2) is 20.7 Å². The first kappa shape index (κ1) is 23.4. The Morgan fingerprint density at radius 3 is 2.30 bits per heavy atom. The molecule has 0 saturated heterocycles. The summed E-state index contributed by atoms with van der Waals surface area (Å²) in [5, 5.41) is 4.10. The zero-order valence-corrected chi connectivity index (χ0v) is 20.6. The van der Waals surface area contributed by atoms with E-state index in [0.29, 0.717) is 37.5 Å². The van der Waals surface area contributed by atoms with E-state index in [1.807, 2.05) is 44.2 Å². The smallest absolute Gasteiger partial charge is 0.266 e. The number of nitrogens with zero attached hydrogens (tertiary/aromatic N) is 2. The van der Waals surface area contributed by atoms with Crippen LogP contribution in [-0.2, 0) is 4.79 Å². The lowest BCUT2D eigenvalue weighted by molar-refractivity contribution is -0.115. The number of nitrogens with one attached hydrogen (secondary N) is 1. The van der Waals surface area contributed by atoms with Crippen LogP contribution in [0.5, 0.6) is 0 Å². The van der Waals surface area contributed by atoms with E-state index in [1.165, 1.54) is 11.8 Å². The number of carbonyl (C=O) groups excluding carboxylic acids is 1. The van der Waals surface area contributed by atoms with Gasteiger partial charge in [-0.05, 0) is 74.4 Å². The minimum absolute atomic E-state index is 0.178. The molecule has 0 spiro atoms. The number of rotatable bonds is 5. The first-order valence-electron chi connectivity index (χ1n) is 10.3. The van der Waals surface area contributed by atoms with Gasteiger partial charge in [0.1, 0.15) is 0 Å². The molecule has 4 rings (SSSR count). The Labute approximate surface area is 205 Å². The lowest BCUT2D eigenvalue weighted by Crippen LogP contribution is -2.26. The minimum atomic E-state index is -0.548. The zero-order chi connectivity index (χ0) is 23.7. The number of anilines is 1. The van der Waals surface area contributed by atoms with Crippen molar-refractivity contribution in [2.75, 3.05) is 5.32 Å². The third kappa shape index (κ3) is 5.24. The second-order valence-electron chi connectivity index (χ2n) is 7.81. The maximum atomic E-state index is 13.5. The van der Waals surface area contributed by atoms with Gasteiger partial charge in [0.2, 0.25) is 5.91 Å². The predicted octanol–water partition coefficient (Wildman–Crippen LogP) is 6.43. The fourth-order valence-corrected chi connectivity index (χ4v) is 5.03. The van der Waals surface area contributed by atoms with Gasteiger partial charge in [0.15, 0.2) is 5.16 Å². The highest BCUT2D eigenvalue weighted by Gasteiger charge is 2.21. The Kier molecular flexibility index (Phi) is 6.79. The molecule has 0 saturated carbocycles. The first-order chi connectivity index (χ1) is 15.7. The SMILES string of the molecule is Cc1cc(C)cc(-n2c(SC(C)C(=O)Nc3cc(Cl)cc(Cl)c3)nc3ccccc3c2=O)c1. The van der Waals surface area contributed by atoms with Gasteiger partial charge in [0.25, 0.3) is 5.56 Å². The molecule has 0 aliphatic rings. The number of aromatic nitrogens is 2. The van der Waals surface area contributed by atoms with Crippen LogP contribution in [0.1, 0.15) is 18.1 Å². The van der Waals surface area contributed by atoms with Crippen LogP contribution in [0.3, 0.4) is 0 Å². The van der Waals surface area contributed by atoms with E-state index in [9.17, 15) is 9.59 Å². The van der Waals surface area contributed by atoms with Crippen molar-refractivity contribution in [3.8, 4) is 5.69 Å². The summed E-state index contributed by atoms with van der Waals surface area (Å²) in [4.78, 5) is 31.1. The number of para-hydroxylation sites is 1. The molecule has 33 heavy (non-hydrogen) atoms. The van der Waals surface area contributed by atoms with E-state index in [1.54, 1.807) is 41.8 Å². The number of aryl methyl sites for hydroxylation is 2. The largest absolute Gasteiger partial charge is 0.325 e. The number of hydrogen-bond donors (Lipinski definition) is 1. The molecule has 4 aromatic rings. The van der Waals surface area contributed by atoms with Crippen molar-refractivity contribution in [3.05, 3.63) is 92.2 Å². The van der Waals surface area contributed by atoms with Crippen LogP contribution >= 0.6 is 35.0 Å². The third-order valence-corrected chi connectivity index (χ3v) is 6.48. The highest BCUT2D eigenvalue weighted by Crippen LogP contribution is 2.28. The minimum Gasteiger partial charge on any atom is -0.325 e. The van der Waals surface area contributed by atoms with Gasteiger partial charge >= 0.3 is 0 Å². The highest BCUT2D eigenvalue weighted by atomic mass is 35.5. The quantitative estimate of drug-likeness (QED) is 0.255. The Hall–Kier alpha value is -2.80. The second-order valence-corrected chi connectivity index (χ2v) is 9.99. The normalized spacial score (nSPS) is 12.0. The number of amides is 1. The van der Waals surface area contributed by atoms with Gasteiger partial charge < -0.3 is 5.32 Å². The monoisotopic (exact) mass is 497 g/mol. The van der Waals surface area contributed by atoms with Gasteiger partial charge in [-0.3, -0.25) is 14.2 Å². The molecule has 8 heteroatoms. The van der Waals surface area contributed by atoms with Gasteiger partial charge in [-0.25, -0.2) is 4.98 Å². The topological polar surface area (TPSA) is 64.0 Å². The van der Waals surface area contributed by atoms with E-state index in [4.69, 9.17) is 28.2 Å². The molecular formula is C25H21Cl2N3O2S. The molecule has 0 fully saturated rings. The van der Waals surface area contributed by atoms with Gasteiger partial charge in [-0.15, -0.1) is 0 Å². The van der Waals surface area contributed by atoms with Crippen molar-refractivity contribution >= 4 is 57.5 Å². The summed E-state index contributed by atoms with van der Waals surface area (Å²) in [5.74, 6) is -0.257. The summed E-state index contributed by atoms with van der Waals surface area (Å²) in [6, 6.07) is 18.0. The summed E-state index contributed by atoms with van der Waals surface area (Å²) in [7, 11) is 0. The summed E-state index contributed by atoms with van der Waals surface area (Å²) in [6.45, 7) is 5.73. The maximum Gasteiger partial charge on any atom is 0.266 e. The van der Waals surface area contributed by atoms with E-state index in [2.05, 4.69) is 5.32 Å². The number of carbonyl (C=O) groups is 1. The van der Waals surface area contributed by atoms with Crippen LogP contribution in [0.25, 0.3) is 16.6 Å². The maximum absolute atomic E-state index is 13.5. The van der Waals surface area contributed by atoms with E-state index >= 15 is 0 Å². The molecule has 0 radical (unpaired) electrons. The summed E-state index contributed by atoms with van der Waals surface area (Å²) in [6.07, 6.45) is 0. The van der Waals surface area contributed by atoms with E-state index < -0.39 is 5.25 Å². The summed E-state index contributed by atoms with van der Waals surface area (Å²) < 4.78 is 1.58. The molecule has 1 heterocycles. The summed E-state index contributed by atoms with van der Waals surface area (Å²) in [5.41, 5.74) is 3.69. The van der Waals surface area contributed by atoms with Crippen LogP contribution < -0.4 is 10.9 Å². The molecule has 3 aromatic carbocycles. The molecule has 5 nitrogen and oxygen atoms in total. The third-order valence-electron chi connectivity index (χ3n) is 4.99. The lowest BCUT2D eigenvalue weighted by atomic mass is 10.1.